The van der Waals surface area contributed by atoms with E-state index in [9.17, 15) is 0 Å². The Hall–Kier alpha value is -0.470. The molecule has 4 heteroatoms. The maximum Gasteiger partial charge on any atom is 0.232 e. The minimum absolute atomic E-state index is 0.417. The summed E-state index contributed by atoms with van der Waals surface area (Å²) in [6, 6.07) is 1.77. The monoisotopic (exact) mass is 219 g/mol. The summed E-state index contributed by atoms with van der Waals surface area (Å²) in [5, 5.41) is 0.520. The molecule has 2 nitrogen and oxygen atoms in total. The van der Waals surface area contributed by atoms with Crippen molar-refractivity contribution in [1.29, 1.82) is 0 Å². The highest BCUT2D eigenvalue weighted by atomic mass is 35.5. The smallest absolute Gasteiger partial charge is 0.232 e. The van der Waals surface area contributed by atoms with Crippen LogP contribution in [0.3, 0.4) is 0 Å². The molecule has 1 rings (SSSR count). The van der Waals surface area contributed by atoms with Crippen LogP contribution in [0.5, 0.6) is 5.88 Å². The Balaban J connectivity index is 2.73. The number of aromatic nitrogens is 1. The molecule has 0 aliphatic rings. The molecule has 0 atom stereocenters. The van der Waals surface area contributed by atoms with Crippen molar-refractivity contribution in [1.82, 2.24) is 4.98 Å². The minimum atomic E-state index is 0.417. The van der Waals surface area contributed by atoms with Crippen LogP contribution in [0.4, 0.5) is 0 Å². The van der Waals surface area contributed by atoms with Gasteiger partial charge in [-0.2, -0.15) is 0 Å². The van der Waals surface area contributed by atoms with Crippen molar-refractivity contribution in [3.63, 3.8) is 0 Å². The predicted molar refractivity (Wildman–Crippen MR) is 54.6 cm³/mol. The van der Waals surface area contributed by atoms with Gasteiger partial charge in [0.2, 0.25) is 5.88 Å². The quantitative estimate of drug-likeness (QED) is 0.726. The van der Waals surface area contributed by atoms with Crippen LogP contribution in [-0.4, -0.2) is 11.6 Å². The molecule has 0 saturated carbocycles. The topological polar surface area (TPSA) is 22.1 Å². The maximum atomic E-state index is 5.90. The Bertz CT molecular complexity index is 278. The van der Waals surface area contributed by atoms with E-state index < -0.39 is 0 Å². The van der Waals surface area contributed by atoms with Crippen LogP contribution in [0.2, 0.25) is 5.02 Å². The van der Waals surface area contributed by atoms with Crippen LogP contribution in [-0.2, 0) is 5.88 Å². The SMILES string of the molecule is CCCOc1ncc(CCl)cc1Cl. The van der Waals surface area contributed by atoms with Crippen molar-refractivity contribution in [2.24, 2.45) is 0 Å². The van der Waals surface area contributed by atoms with Gasteiger partial charge in [0.05, 0.1) is 6.61 Å². The molecular weight excluding hydrogens is 209 g/mol. The predicted octanol–water partition coefficient (Wildman–Crippen LogP) is 3.26. The molecule has 0 radical (unpaired) electrons. The minimum Gasteiger partial charge on any atom is -0.477 e. The number of rotatable bonds is 4. The Morgan fingerprint density at radius 1 is 1.54 bits per heavy atom. The molecule has 0 amide bonds. The molecule has 1 heterocycles. The van der Waals surface area contributed by atoms with Gasteiger partial charge in [0.15, 0.2) is 0 Å². The Kier molecular flexibility index (Phi) is 4.33. The molecule has 72 valence electrons. The lowest BCUT2D eigenvalue weighted by atomic mass is 10.3. The standard InChI is InChI=1S/C9H11Cl2NO/c1-2-3-13-9-8(11)4-7(5-10)6-12-9/h4,6H,2-3,5H2,1H3. The largest absolute Gasteiger partial charge is 0.477 e. The first-order valence-electron chi connectivity index (χ1n) is 4.11. The molecule has 0 saturated heterocycles. The van der Waals surface area contributed by atoms with Gasteiger partial charge < -0.3 is 4.74 Å². The van der Waals surface area contributed by atoms with Crippen molar-refractivity contribution in [3.8, 4) is 5.88 Å². The lowest BCUT2D eigenvalue weighted by Gasteiger charge is -2.05. The highest BCUT2D eigenvalue weighted by Crippen LogP contribution is 2.22. The number of ether oxygens (including phenoxy) is 1. The Morgan fingerprint density at radius 2 is 2.31 bits per heavy atom. The van der Waals surface area contributed by atoms with Gasteiger partial charge >= 0.3 is 0 Å². The first-order valence-corrected chi connectivity index (χ1v) is 5.02. The van der Waals surface area contributed by atoms with Gasteiger partial charge in [0.1, 0.15) is 5.02 Å². The van der Waals surface area contributed by atoms with E-state index in [1.54, 1.807) is 12.3 Å². The molecule has 0 unspecified atom stereocenters. The van der Waals surface area contributed by atoms with Crippen LogP contribution in [0, 0.1) is 0 Å². The van der Waals surface area contributed by atoms with Gasteiger partial charge in [-0.1, -0.05) is 18.5 Å². The van der Waals surface area contributed by atoms with Gasteiger partial charge in [0.25, 0.3) is 0 Å². The zero-order valence-electron chi connectivity index (χ0n) is 7.39. The number of halogens is 2. The van der Waals surface area contributed by atoms with Gasteiger partial charge in [-0.05, 0) is 18.1 Å². The molecule has 1 aromatic rings. The first kappa shape index (κ1) is 10.6. The average molecular weight is 220 g/mol. The summed E-state index contributed by atoms with van der Waals surface area (Å²) in [6.45, 7) is 2.66. The highest BCUT2D eigenvalue weighted by molar-refractivity contribution is 6.32. The fourth-order valence-electron chi connectivity index (χ4n) is 0.843. The van der Waals surface area contributed by atoms with E-state index in [1.165, 1.54) is 0 Å². The number of hydrogen-bond acceptors (Lipinski definition) is 2. The number of alkyl halides is 1. The maximum absolute atomic E-state index is 5.90. The summed E-state index contributed by atoms with van der Waals surface area (Å²) in [5.74, 6) is 0.901. The first-order chi connectivity index (χ1) is 6.27. The van der Waals surface area contributed by atoms with Gasteiger partial charge in [-0.15, -0.1) is 11.6 Å². The molecule has 0 fully saturated rings. The fraction of sp³-hybridized carbons (Fsp3) is 0.444. The second-order valence-corrected chi connectivity index (χ2v) is 3.29. The molecule has 0 aliphatic carbocycles. The number of nitrogens with zero attached hydrogens (tertiary/aromatic N) is 1. The fourth-order valence-corrected chi connectivity index (χ4v) is 1.23. The highest BCUT2D eigenvalue weighted by Gasteiger charge is 2.03. The lowest BCUT2D eigenvalue weighted by Crippen LogP contribution is -1.98. The normalized spacial score (nSPS) is 10.1. The number of hydrogen-bond donors (Lipinski definition) is 0. The van der Waals surface area contributed by atoms with Crippen LogP contribution >= 0.6 is 23.2 Å². The average Bonchev–Trinajstić information content (AvgIpc) is 2.16. The van der Waals surface area contributed by atoms with Crippen LogP contribution in [0.15, 0.2) is 12.3 Å². The van der Waals surface area contributed by atoms with E-state index in [0.717, 1.165) is 12.0 Å². The van der Waals surface area contributed by atoms with E-state index >= 15 is 0 Å². The Morgan fingerprint density at radius 3 is 2.85 bits per heavy atom. The molecular formula is C9H11Cl2NO. The Labute approximate surface area is 87.8 Å². The van der Waals surface area contributed by atoms with E-state index in [2.05, 4.69) is 4.98 Å². The second kappa shape index (κ2) is 5.30. The summed E-state index contributed by atoms with van der Waals surface area (Å²) < 4.78 is 5.30. The van der Waals surface area contributed by atoms with Crippen molar-refractivity contribution < 1.29 is 4.74 Å². The zero-order chi connectivity index (χ0) is 9.68. The van der Waals surface area contributed by atoms with E-state index in [0.29, 0.717) is 23.4 Å². The van der Waals surface area contributed by atoms with Crippen molar-refractivity contribution >= 4 is 23.2 Å². The van der Waals surface area contributed by atoms with Crippen molar-refractivity contribution in [3.05, 3.63) is 22.8 Å². The molecule has 1 aromatic heterocycles. The van der Waals surface area contributed by atoms with Crippen LogP contribution in [0.25, 0.3) is 0 Å². The summed E-state index contributed by atoms with van der Waals surface area (Å²) in [5.41, 5.74) is 0.899. The van der Waals surface area contributed by atoms with Crippen LogP contribution in [0.1, 0.15) is 18.9 Å². The van der Waals surface area contributed by atoms with Crippen molar-refractivity contribution in [2.75, 3.05) is 6.61 Å². The van der Waals surface area contributed by atoms with E-state index in [-0.39, 0.29) is 0 Å². The molecule has 0 aliphatic heterocycles. The summed E-state index contributed by atoms with van der Waals surface area (Å²) >= 11 is 11.5. The van der Waals surface area contributed by atoms with Gasteiger partial charge in [0, 0.05) is 12.1 Å². The summed E-state index contributed by atoms with van der Waals surface area (Å²) in [6.07, 6.45) is 2.61. The molecule has 0 bridgehead atoms. The third kappa shape index (κ3) is 3.05. The summed E-state index contributed by atoms with van der Waals surface area (Å²) in [7, 11) is 0. The molecule has 13 heavy (non-hydrogen) atoms. The molecule has 0 N–H and O–H groups in total. The van der Waals surface area contributed by atoms with Gasteiger partial charge in [-0.25, -0.2) is 4.98 Å². The third-order valence-electron chi connectivity index (χ3n) is 1.46. The van der Waals surface area contributed by atoms with Crippen LogP contribution < -0.4 is 4.74 Å². The molecule has 0 aromatic carbocycles. The second-order valence-electron chi connectivity index (χ2n) is 2.61. The molecule has 0 spiro atoms. The number of pyridine rings is 1. The van der Waals surface area contributed by atoms with Gasteiger partial charge in [-0.3, -0.25) is 0 Å². The van der Waals surface area contributed by atoms with Crippen molar-refractivity contribution in [2.45, 2.75) is 19.2 Å². The lowest BCUT2D eigenvalue weighted by molar-refractivity contribution is 0.305. The van der Waals surface area contributed by atoms with E-state index in [4.69, 9.17) is 27.9 Å². The van der Waals surface area contributed by atoms with E-state index in [1.807, 2.05) is 6.92 Å². The third-order valence-corrected chi connectivity index (χ3v) is 2.04. The summed E-state index contributed by atoms with van der Waals surface area (Å²) in [4.78, 5) is 4.05. The zero-order valence-corrected chi connectivity index (χ0v) is 8.90.